The van der Waals surface area contributed by atoms with Crippen LogP contribution in [0, 0.1) is 0 Å². The van der Waals surface area contributed by atoms with Crippen LogP contribution >= 0.6 is 7.60 Å². The molecule has 0 saturated carbocycles. The summed E-state index contributed by atoms with van der Waals surface area (Å²) in [6.45, 7) is 17.2. The average molecular weight is 437 g/mol. The second kappa shape index (κ2) is 11.4. The quantitative estimate of drug-likeness (QED) is 0.189. The number of Topliss-reactive ketones (excluding diaryl/α,β-unsaturated/α-hetero) is 1. The van der Waals surface area contributed by atoms with Gasteiger partial charge in [-0.05, 0) is 51.4 Å². The van der Waals surface area contributed by atoms with E-state index in [1.54, 1.807) is 33.8 Å². The van der Waals surface area contributed by atoms with Crippen molar-refractivity contribution in [2.24, 2.45) is 0 Å². The van der Waals surface area contributed by atoms with Crippen molar-refractivity contribution in [2.75, 3.05) is 26.0 Å². The van der Waals surface area contributed by atoms with Crippen molar-refractivity contribution >= 4 is 27.7 Å². The van der Waals surface area contributed by atoms with E-state index in [4.69, 9.17) is 18.2 Å². The second-order valence-electron chi connectivity index (χ2n) is 8.02. The highest BCUT2D eigenvalue weighted by Gasteiger charge is 2.39. The van der Waals surface area contributed by atoms with Gasteiger partial charge in [0.05, 0.1) is 19.8 Å². The number of ketones is 1. The van der Waals surface area contributed by atoms with Gasteiger partial charge >= 0.3 is 13.6 Å². The lowest BCUT2D eigenvalue weighted by Crippen LogP contribution is -2.44. The summed E-state index contributed by atoms with van der Waals surface area (Å²) in [5, 5.41) is -0.0449. The van der Waals surface area contributed by atoms with Crippen LogP contribution in [0.3, 0.4) is 0 Å². The Balaban J connectivity index is 5.21. The molecule has 0 radical (unpaired) electrons. The smallest absolute Gasteiger partial charge is 0.341 e. The average Bonchev–Trinajstić information content (AvgIpc) is 2.56. The summed E-state index contributed by atoms with van der Waals surface area (Å²) in [6.07, 6.45) is 0.0738. The van der Waals surface area contributed by atoms with Crippen molar-refractivity contribution in [3.8, 4) is 0 Å². The fourth-order valence-corrected chi connectivity index (χ4v) is 4.33. The lowest BCUT2D eigenvalue weighted by Gasteiger charge is -2.36. The molecule has 0 amide bonds. The van der Waals surface area contributed by atoms with Crippen LogP contribution in [0.25, 0.3) is 0 Å². The van der Waals surface area contributed by atoms with Gasteiger partial charge in [-0.3, -0.25) is 14.2 Å². The van der Waals surface area contributed by atoms with Gasteiger partial charge in [-0.15, -0.1) is 0 Å². The number of ether oxygens (including phenoxy) is 1. The summed E-state index contributed by atoms with van der Waals surface area (Å²) in [5.74, 6) is -1.16. The van der Waals surface area contributed by atoms with Gasteiger partial charge in [-0.25, -0.2) is 0 Å². The Morgan fingerprint density at radius 1 is 1.11 bits per heavy atom. The molecule has 0 saturated heterocycles. The zero-order chi connectivity index (χ0) is 22.2. The first-order valence-corrected chi connectivity index (χ1v) is 14.2. The molecule has 0 spiro atoms. The van der Waals surface area contributed by atoms with E-state index in [2.05, 4.69) is 20.8 Å². The van der Waals surface area contributed by atoms with E-state index in [0.717, 1.165) is 0 Å². The first-order chi connectivity index (χ1) is 12.7. The maximum Gasteiger partial charge on any atom is 0.341 e. The first-order valence-electron chi connectivity index (χ1n) is 9.60. The van der Waals surface area contributed by atoms with Crippen LogP contribution in [0.2, 0.25) is 18.1 Å². The molecule has 0 rings (SSSR count). The van der Waals surface area contributed by atoms with E-state index in [9.17, 15) is 14.2 Å². The molecular formula is C19H37O7PSi. The van der Waals surface area contributed by atoms with Crippen LogP contribution in [-0.4, -0.2) is 52.2 Å². The molecule has 164 valence electrons. The Morgan fingerprint density at radius 3 is 2.00 bits per heavy atom. The molecular weight excluding hydrogens is 399 g/mol. The Hall–Kier alpha value is -0.793. The third-order valence-electron chi connectivity index (χ3n) is 4.77. The summed E-state index contributed by atoms with van der Waals surface area (Å²) in [6, 6.07) is 0. The number of hydrogen-bond acceptors (Lipinski definition) is 7. The van der Waals surface area contributed by atoms with Gasteiger partial charge in [0, 0.05) is 0 Å². The van der Waals surface area contributed by atoms with Crippen LogP contribution in [0.1, 0.15) is 48.5 Å². The summed E-state index contributed by atoms with van der Waals surface area (Å²) < 4.78 is 34.1. The number of carbonyl (C=O) groups excluding carboxylic acids is 2. The van der Waals surface area contributed by atoms with Crippen LogP contribution in [0.4, 0.5) is 0 Å². The van der Waals surface area contributed by atoms with E-state index in [1.807, 2.05) is 13.1 Å². The molecule has 0 aliphatic heterocycles. The largest absolute Gasteiger partial charge is 0.449 e. The number of hydrogen-bond donors (Lipinski definition) is 0. The maximum atomic E-state index is 12.7. The predicted molar refractivity (Wildman–Crippen MR) is 113 cm³/mol. The molecule has 1 unspecified atom stereocenters. The molecule has 7 nitrogen and oxygen atoms in total. The number of allylic oxidation sites excluding steroid dienone is 1. The summed E-state index contributed by atoms with van der Waals surface area (Å²) in [7, 11) is -5.72. The second-order valence-corrected chi connectivity index (χ2v) is 14.9. The minimum absolute atomic E-state index is 0.0449. The molecule has 28 heavy (non-hydrogen) atoms. The number of carbonyl (C=O) groups is 2. The Kier molecular flexibility index (Phi) is 11.1. The first kappa shape index (κ1) is 27.2. The van der Waals surface area contributed by atoms with Crippen LogP contribution in [0.15, 0.2) is 11.6 Å². The minimum atomic E-state index is -3.59. The normalized spacial score (nSPS) is 14.7. The highest BCUT2D eigenvalue weighted by atomic mass is 31.2. The van der Waals surface area contributed by atoms with Crippen LogP contribution in [-0.2, 0) is 32.4 Å². The third-order valence-corrected chi connectivity index (χ3v) is 11.2. The molecule has 9 heteroatoms. The van der Waals surface area contributed by atoms with Crippen LogP contribution in [0.5, 0.6) is 0 Å². The lowest BCUT2D eigenvalue weighted by molar-refractivity contribution is -0.151. The fourth-order valence-electron chi connectivity index (χ4n) is 1.96. The Bertz CT molecular complexity index is 598. The number of esters is 1. The van der Waals surface area contributed by atoms with Gasteiger partial charge in [0.2, 0.25) is 5.78 Å². The highest BCUT2D eigenvalue weighted by molar-refractivity contribution is 7.54. The number of rotatable bonds is 12. The molecule has 0 aromatic rings. The molecule has 0 bridgehead atoms. The Morgan fingerprint density at radius 2 is 1.61 bits per heavy atom. The predicted octanol–water partition coefficient (Wildman–Crippen LogP) is 4.72. The molecule has 0 aliphatic carbocycles. The standard InChI is InChI=1S/C19H37O7PSi/c1-10-15(4)18(16(20)13-25-28(8,9)19(5,6)7)26-17(21)14-27(22,23-11-2)24-12-3/h10,18H,11-14H2,1-9H3/b15-10+. The van der Waals surface area contributed by atoms with E-state index in [1.165, 1.54) is 0 Å². The Labute approximate surface area is 170 Å². The molecule has 0 N–H and O–H groups in total. The van der Waals surface area contributed by atoms with Crippen LogP contribution < -0.4 is 0 Å². The van der Waals surface area contributed by atoms with E-state index < -0.39 is 34.1 Å². The van der Waals surface area contributed by atoms with Gasteiger partial charge in [0.25, 0.3) is 0 Å². The topological polar surface area (TPSA) is 88.1 Å². The SMILES string of the molecule is C/C=C(\C)C(OC(=O)CP(=O)(OCC)OCC)C(=O)CO[Si](C)(C)C(C)(C)C. The van der Waals surface area contributed by atoms with E-state index >= 15 is 0 Å². The van der Waals surface area contributed by atoms with Crippen molar-refractivity contribution in [3.05, 3.63) is 11.6 Å². The maximum absolute atomic E-state index is 12.7. The zero-order valence-corrected chi connectivity index (χ0v) is 20.7. The van der Waals surface area contributed by atoms with Crippen molar-refractivity contribution in [1.29, 1.82) is 0 Å². The van der Waals surface area contributed by atoms with E-state index in [0.29, 0.717) is 5.57 Å². The van der Waals surface area contributed by atoms with Crippen molar-refractivity contribution in [3.63, 3.8) is 0 Å². The summed E-state index contributed by atoms with van der Waals surface area (Å²) in [5.41, 5.74) is 0.583. The highest BCUT2D eigenvalue weighted by Crippen LogP contribution is 2.48. The molecule has 0 aliphatic rings. The van der Waals surface area contributed by atoms with Gasteiger partial charge in [0.15, 0.2) is 14.4 Å². The van der Waals surface area contributed by atoms with Gasteiger partial charge < -0.3 is 18.2 Å². The fraction of sp³-hybridized carbons (Fsp3) is 0.789. The van der Waals surface area contributed by atoms with Gasteiger partial charge in [-0.1, -0.05) is 26.8 Å². The van der Waals surface area contributed by atoms with Crippen molar-refractivity contribution in [1.82, 2.24) is 0 Å². The summed E-state index contributed by atoms with van der Waals surface area (Å²) in [4.78, 5) is 25.1. The summed E-state index contributed by atoms with van der Waals surface area (Å²) >= 11 is 0. The molecule has 0 aromatic heterocycles. The molecule has 0 aromatic carbocycles. The molecule has 0 heterocycles. The van der Waals surface area contributed by atoms with Gasteiger partial charge in [0.1, 0.15) is 6.16 Å². The van der Waals surface area contributed by atoms with E-state index in [-0.39, 0.29) is 30.6 Å². The lowest BCUT2D eigenvalue weighted by atomic mass is 10.1. The zero-order valence-electron chi connectivity index (χ0n) is 18.8. The van der Waals surface area contributed by atoms with Crippen molar-refractivity contribution < 1.29 is 32.4 Å². The minimum Gasteiger partial charge on any atom is -0.449 e. The monoisotopic (exact) mass is 436 g/mol. The van der Waals surface area contributed by atoms with Crippen molar-refractivity contribution in [2.45, 2.75) is 72.7 Å². The molecule has 1 atom stereocenters. The third kappa shape index (κ3) is 8.70. The molecule has 0 fully saturated rings. The van der Waals surface area contributed by atoms with Gasteiger partial charge in [-0.2, -0.15) is 0 Å².